The Kier molecular flexibility index (Phi) is 5.07. The van der Waals surface area contributed by atoms with Crippen molar-refractivity contribution in [1.29, 1.82) is 0 Å². The van der Waals surface area contributed by atoms with Crippen molar-refractivity contribution in [2.75, 3.05) is 19.7 Å². The monoisotopic (exact) mass is 366 g/mol. The Bertz CT molecular complexity index is 977. The van der Waals surface area contributed by atoms with E-state index in [9.17, 15) is 9.59 Å². The van der Waals surface area contributed by atoms with Crippen molar-refractivity contribution in [1.82, 2.24) is 9.47 Å². The molecular formula is C21H22N2O4. The zero-order valence-electron chi connectivity index (χ0n) is 15.0. The van der Waals surface area contributed by atoms with Crippen LogP contribution in [0.4, 0.5) is 0 Å². The van der Waals surface area contributed by atoms with Crippen molar-refractivity contribution in [2.24, 2.45) is 0 Å². The van der Waals surface area contributed by atoms with Crippen LogP contribution in [0.5, 0.6) is 0 Å². The lowest BCUT2D eigenvalue weighted by Gasteiger charge is -2.33. The highest BCUT2D eigenvalue weighted by molar-refractivity contribution is 5.76. The third kappa shape index (κ3) is 3.80. The number of benzene rings is 2. The van der Waals surface area contributed by atoms with E-state index < -0.39 is 0 Å². The van der Waals surface area contributed by atoms with Crippen molar-refractivity contribution in [3.8, 4) is 0 Å². The quantitative estimate of drug-likeness (QED) is 0.696. The van der Waals surface area contributed by atoms with Gasteiger partial charge in [0.05, 0.1) is 18.7 Å². The highest BCUT2D eigenvalue weighted by Crippen LogP contribution is 2.22. The fourth-order valence-corrected chi connectivity index (χ4v) is 3.52. The summed E-state index contributed by atoms with van der Waals surface area (Å²) in [4.78, 5) is 26.5. The fourth-order valence-electron chi connectivity index (χ4n) is 3.52. The first-order valence-electron chi connectivity index (χ1n) is 9.25. The maximum atomic E-state index is 12.6. The number of oxazole rings is 1. The van der Waals surface area contributed by atoms with Crippen LogP contribution in [0, 0.1) is 0 Å². The normalized spacial score (nSPS) is 17.3. The third-order valence-electron chi connectivity index (χ3n) is 4.94. The number of carbonyl (C=O) groups is 1. The Morgan fingerprint density at radius 3 is 2.70 bits per heavy atom. The number of aryl methyl sites for hydroxylation is 1. The minimum Gasteiger partial charge on any atom is -0.408 e. The van der Waals surface area contributed by atoms with Gasteiger partial charge in [0.2, 0.25) is 5.91 Å². The molecule has 140 valence electrons. The van der Waals surface area contributed by atoms with Crippen molar-refractivity contribution < 1.29 is 13.9 Å². The Balaban J connectivity index is 1.35. The zero-order valence-corrected chi connectivity index (χ0v) is 15.0. The van der Waals surface area contributed by atoms with Crippen LogP contribution in [0.25, 0.3) is 11.1 Å². The minimum atomic E-state index is -0.376. The zero-order chi connectivity index (χ0) is 18.6. The average molecular weight is 366 g/mol. The molecule has 0 saturated carbocycles. The topological polar surface area (TPSA) is 64.7 Å². The predicted octanol–water partition coefficient (Wildman–Crippen LogP) is 2.97. The van der Waals surface area contributed by atoms with Gasteiger partial charge in [-0.15, -0.1) is 0 Å². The highest BCUT2D eigenvalue weighted by atomic mass is 16.5. The summed E-state index contributed by atoms with van der Waals surface area (Å²) in [5, 5.41) is 0. The standard InChI is InChI=1S/C21H22N2O4/c24-20(22-13-14-26-19(15-22)16-7-2-1-3-8-16)11-6-12-23-17-9-4-5-10-18(17)27-21(23)25/h1-5,7-10,19H,6,11-15H2/t19-/m0/s1. The lowest BCUT2D eigenvalue weighted by atomic mass is 10.1. The molecule has 1 atom stereocenters. The van der Waals surface area contributed by atoms with Gasteiger partial charge in [-0.3, -0.25) is 9.36 Å². The Morgan fingerprint density at radius 1 is 1.07 bits per heavy atom. The van der Waals surface area contributed by atoms with E-state index in [0.717, 1.165) is 11.1 Å². The Hall–Kier alpha value is -2.86. The summed E-state index contributed by atoms with van der Waals surface area (Å²) in [5.41, 5.74) is 2.43. The van der Waals surface area contributed by atoms with Crippen LogP contribution in [0.2, 0.25) is 0 Å². The van der Waals surface area contributed by atoms with Gasteiger partial charge in [-0.25, -0.2) is 4.79 Å². The first-order chi connectivity index (χ1) is 13.2. The molecule has 1 amide bonds. The van der Waals surface area contributed by atoms with E-state index in [4.69, 9.17) is 9.15 Å². The molecule has 3 aromatic rings. The number of rotatable bonds is 5. The third-order valence-corrected chi connectivity index (χ3v) is 4.94. The van der Waals surface area contributed by atoms with Gasteiger partial charge in [-0.2, -0.15) is 0 Å². The van der Waals surface area contributed by atoms with Crippen molar-refractivity contribution in [3.05, 3.63) is 70.7 Å². The summed E-state index contributed by atoms with van der Waals surface area (Å²) in [7, 11) is 0. The number of amides is 1. The van der Waals surface area contributed by atoms with Gasteiger partial charge in [0.1, 0.15) is 6.10 Å². The van der Waals surface area contributed by atoms with Gasteiger partial charge in [0.25, 0.3) is 0 Å². The molecule has 1 aliphatic heterocycles. The van der Waals surface area contributed by atoms with E-state index in [1.54, 1.807) is 10.6 Å². The SMILES string of the molecule is O=C(CCCn1c(=O)oc2ccccc21)N1CCO[C@H](c2ccccc2)C1. The molecule has 0 N–H and O–H groups in total. The second-order valence-corrected chi connectivity index (χ2v) is 6.70. The lowest BCUT2D eigenvalue weighted by molar-refractivity contribution is -0.139. The van der Waals surface area contributed by atoms with Gasteiger partial charge >= 0.3 is 5.76 Å². The molecule has 1 saturated heterocycles. The van der Waals surface area contributed by atoms with E-state index >= 15 is 0 Å². The molecule has 0 aliphatic carbocycles. The fraction of sp³-hybridized carbons (Fsp3) is 0.333. The molecule has 4 rings (SSSR count). The van der Waals surface area contributed by atoms with Crippen LogP contribution in [-0.2, 0) is 16.1 Å². The first-order valence-corrected chi connectivity index (χ1v) is 9.25. The maximum absolute atomic E-state index is 12.6. The summed E-state index contributed by atoms with van der Waals surface area (Å²) in [6, 6.07) is 17.3. The van der Waals surface area contributed by atoms with Gasteiger partial charge in [-0.05, 0) is 24.1 Å². The smallest absolute Gasteiger partial charge is 0.408 e. The number of carbonyl (C=O) groups excluding carboxylic acids is 1. The Labute approximate surface area is 157 Å². The van der Waals surface area contributed by atoms with E-state index in [-0.39, 0.29) is 17.8 Å². The van der Waals surface area contributed by atoms with E-state index in [1.807, 2.05) is 53.4 Å². The van der Waals surface area contributed by atoms with Crippen LogP contribution < -0.4 is 5.76 Å². The molecule has 2 heterocycles. The van der Waals surface area contributed by atoms with Crippen molar-refractivity contribution in [2.45, 2.75) is 25.5 Å². The van der Waals surface area contributed by atoms with Gasteiger partial charge in [-0.1, -0.05) is 42.5 Å². The molecule has 6 heteroatoms. The second kappa shape index (κ2) is 7.80. The van der Waals surface area contributed by atoms with Gasteiger partial charge < -0.3 is 14.1 Å². The lowest BCUT2D eigenvalue weighted by Crippen LogP contribution is -2.42. The van der Waals surface area contributed by atoms with Gasteiger partial charge in [0.15, 0.2) is 5.58 Å². The maximum Gasteiger partial charge on any atom is 0.419 e. The summed E-state index contributed by atoms with van der Waals surface area (Å²) in [5.74, 6) is -0.278. The molecule has 6 nitrogen and oxygen atoms in total. The molecule has 0 radical (unpaired) electrons. The number of para-hydroxylation sites is 2. The van der Waals surface area contributed by atoms with E-state index in [0.29, 0.717) is 44.7 Å². The summed E-state index contributed by atoms with van der Waals surface area (Å²) in [6.07, 6.45) is 0.910. The molecule has 0 spiro atoms. The number of morpholine rings is 1. The molecule has 1 aliphatic rings. The molecular weight excluding hydrogens is 344 g/mol. The number of fused-ring (bicyclic) bond motifs is 1. The van der Waals surface area contributed by atoms with Crippen molar-refractivity contribution in [3.63, 3.8) is 0 Å². The number of ether oxygens (including phenoxy) is 1. The molecule has 2 aromatic carbocycles. The largest absolute Gasteiger partial charge is 0.419 e. The van der Waals surface area contributed by atoms with E-state index in [2.05, 4.69) is 0 Å². The number of hydrogen-bond acceptors (Lipinski definition) is 4. The summed E-state index contributed by atoms with van der Waals surface area (Å²) in [6.45, 7) is 2.18. The number of aromatic nitrogens is 1. The van der Waals surface area contributed by atoms with Crippen molar-refractivity contribution >= 4 is 17.0 Å². The van der Waals surface area contributed by atoms with Gasteiger partial charge in [0, 0.05) is 19.5 Å². The average Bonchev–Trinajstić information content (AvgIpc) is 3.04. The molecule has 1 fully saturated rings. The molecule has 1 aromatic heterocycles. The highest BCUT2D eigenvalue weighted by Gasteiger charge is 2.25. The van der Waals surface area contributed by atoms with Crippen LogP contribution in [0.1, 0.15) is 24.5 Å². The van der Waals surface area contributed by atoms with E-state index in [1.165, 1.54) is 0 Å². The van der Waals surface area contributed by atoms with Crippen LogP contribution in [0.3, 0.4) is 0 Å². The second-order valence-electron chi connectivity index (χ2n) is 6.70. The molecule has 0 unspecified atom stereocenters. The molecule has 27 heavy (non-hydrogen) atoms. The van der Waals surface area contributed by atoms with Crippen LogP contribution in [-0.4, -0.2) is 35.1 Å². The Morgan fingerprint density at radius 2 is 1.85 bits per heavy atom. The number of nitrogens with zero attached hydrogens (tertiary/aromatic N) is 2. The summed E-state index contributed by atoms with van der Waals surface area (Å²) >= 11 is 0. The molecule has 0 bridgehead atoms. The number of hydrogen-bond donors (Lipinski definition) is 0. The minimum absolute atomic E-state index is 0.0793. The predicted molar refractivity (Wildman–Crippen MR) is 101 cm³/mol. The van der Waals surface area contributed by atoms with Crippen LogP contribution >= 0.6 is 0 Å². The summed E-state index contributed by atoms with van der Waals surface area (Å²) < 4.78 is 12.6. The first kappa shape index (κ1) is 17.5. The van der Waals surface area contributed by atoms with Crippen LogP contribution in [0.15, 0.2) is 63.8 Å².